The summed E-state index contributed by atoms with van der Waals surface area (Å²) >= 11 is 0. The molecule has 34 heavy (non-hydrogen) atoms. The Hall–Kier alpha value is -3.91. The molecule has 0 aliphatic heterocycles. The molecule has 0 bridgehead atoms. The molecule has 3 rings (SSSR count). The number of nitrogens with one attached hydrogen (secondary N) is 3. The summed E-state index contributed by atoms with van der Waals surface area (Å²) in [5.74, 6) is -1.07. The third-order valence-corrected chi connectivity index (χ3v) is 5.06. The van der Waals surface area contributed by atoms with Gasteiger partial charge in [-0.15, -0.1) is 0 Å². The van der Waals surface area contributed by atoms with E-state index < -0.39 is 29.6 Å². The SMILES string of the molecule is CC(C)(C)OC(=O)NC(Cc1cccc2ccccc12)C(=O)NNC(=O)c1ccc(CN)cc1. The Balaban J connectivity index is 1.75. The Labute approximate surface area is 198 Å². The van der Waals surface area contributed by atoms with E-state index in [0.717, 1.165) is 21.9 Å². The molecule has 8 nitrogen and oxygen atoms in total. The van der Waals surface area contributed by atoms with Gasteiger partial charge in [-0.1, -0.05) is 54.6 Å². The summed E-state index contributed by atoms with van der Waals surface area (Å²) < 4.78 is 5.33. The second-order valence-electron chi connectivity index (χ2n) is 8.89. The van der Waals surface area contributed by atoms with Crippen LogP contribution in [-0.2, 0) is 22.5 Å². The standard InChI is InChI=1S/C26H30N4O4/c1-26(2,3)34-25(33)28-22(15-20-9-6-8-18-7-4-5-10-21(18)20)24(32)30-29-23(31)19-13-11-17(16-27)12-14-19/h4-14,22H,15-16,27H2,1-3H3,(H,28,33)(H,29,31)(H,30,32). The number of benzene rings is 3. The fraction of sp³-hybridized carbons (Fsp3) is 0.269. The lowest BCUT2D eigenvalue weighted by Crippen LogP contribution is -2.53. The Morgan fingerprint density at radius 2 is 1.59 bits per heavy atom. The fourth-order valence-electron chi connectivity index (χ4n) is 3.42. The third-order valence-electron chi connectivity index (χ3n) is 5.06. The lowest BCUT2D eigenvalue weighted by molar-refractivity contribution is -0.124. The lowest BCUT2D eigenvalue weighted by atomic mass is 9.98. The van der Waals surface area contributed by atoms with Crippen molar-refractivity contribution < 1.29 is 19.1 Å². The van der Waals surface area contributed by atoms with Crippen molar-refractivity contribution in [2.45, 2.75) is 45.4 Å². The van der Waals surface area contributed by atoms with Gasteiger partial charge in [0.05, 0.1) is 0 Å². The molecule has 178 valence electrons. The first kappa shape index (κ1) is 24.7. The lowest BCUT2D eigenvalue weighted by Gasteiger charge is -2.24. The predicted octanol–water partition coefficient (Wildman–Crippen LogP) is 3.20. The van der Waals surface area contributed by atoms with Crippen molar-refractivity contribution in [2.24, 2.45) is 5.73 Å². The van der Waals surface area contributed by atoms with Crippen LogP contribution in [0.3, 0.4) is 0 Å². The third kappa shape index (κ3) is 6.79. The van der Waals surface area contributed by atoms with Crippen LogP contribution in [0.2, 0.25) is 0 Å². The number of amides is 3. The van der Waals surface area contributed by atoms with Gasteiger partial charge in [0.2, 0.25) is 0 Å². The number of hydrogen-bond donors (Lipinski definition) is 4. The van der Waals surface area contributed by atoms with E-state index in [0.29, 0.717) is 12.1 Å². The van der Waals surface area contributed by atoms with Crippen molar-refractivity contribution in [1.82, 2.24) is 16.2 Å². The second kappa shape index (κ2) is 10.8. The van der Waals surface area contributed by atoms with E-state index >= 15 is 0 Å². The summed E-state index contributed by atoms with van der Waals surface area (Å²) in [5.41, 5.74) is 11.8. The fourth-order valence-corrected chi connectivity index (χ4v) is 3.42. The Morgan fingerprint density at radius 3 is 2.26 bits per heavy atom. The molecular weight excluding hydrogens is 432 g/mol. The molecule has 1 unspecified atom stereocenters. The van der Waals surface area contributed by atoms with Gasteiger partial charge in [-0.3, -0.25) is 20.4 Å². The van der Waals surface area contributed by atoms with Crippen molar-refractivity contribution in [1.29, 1.82) is 0 Å². The van der Waals surface area contributed by atoms with Crippen molar-refractivity contribution in [3.8, 4) is 0 Å². The number of hydrazine groups is 1. The monoisotopic (exact) mass is 462 g/mol. The van der Waals surface area contributed by atoms with Gasteiger partial charge < -0.3 is 15.8 Å². The van der Waals surface area contributed by atoms with Crippen molar-refractivity contribution >= 4 is 28.7 Å². The van der Waals surface area contributed by atoms with Crippen LogP contribution >= 0.6 is 0 Å². The zero-order valence-electron chi connectivity index (χ0n) is 19.6. The van der Waals surface area contributed by atoms with Gasteiger partial charge in [0.1, 0.15) is 11.6 Å². The van der Waals surface area contributed by atoms with Gasteiger partial charge in [0.15, 0.2) is 0 Å². The second-order valence-corrected chi connectivity index (χ2v) is 8.89. The normalized spacial score (nSPS) is 12.0. The zero-order valence-corrected chi connectivity index (χ0v) is 19.6. The molecule has 0 heterocycles. The number of nitrogens with two attached hydrogens (primary N) is 1. The molecule has 0 aliphatic carbocycles. The minimum Gasteiger partial charge on any atom is -0.444 e. The van der Waals surface area contributed by atoms with Crippen LogP contribution < -0.4 is 21.9 Å². The molecule has 0 radical (unpaired) electrons. The summed E-state index contributed by atoms with van der Waals surface area (Å²) in [5, 5.41) is 4.62. The predicted molar refractivity (Wildman–Crippen MR) is 131 cm³/mol. The van der Waals surface area contributed by atoms with Gasteiger partial charge in [-0.2, -0.15) is 0 Å². The molecule has 5 N–H and O–H groups in total. The number of hydrogen-bond acceptors (Lipinski definition) is 5. The highest BCUT2D eigenvalue weighted by Gasteiger charge is 2.25. The van der Waals surface area contributed by atoms with E-state index in [9.17, 15) is 14.4 Å². The number of carbonyl (C=O) groups is 3. The molecule has 0 aromatic heterocycles. The molecule has 0 saturated heterocycles. The van der Waals surface area contributed by atoms with E-state index in [2.05, 4.69) is 16.2 Å². The number of rotatable bonds is 6. The van der Waals surface area contributed by atoms with Gasteiger partial charge in [-0.05, 0) is 54.8 Å². The largest absolute Gasteiger partial charge is 0.444 e. The molecule has 8 heteroatoms. The molecule has 0 aliphatic rings. The van der Waals surface area contributed by atoms with Crippen LogP contribution in [0.5, 0.6) is 0 Å². The first-order valence-electron chi connectivity index (χ1n) is 11.0. The number of alkyl carbamates (subject to hydrolysis) is 1. The molecule has 0 spiro atoms. The molecule has 0 fully saturated rings. The molecule has 3 aromatic carbocycles. The van der Waals surface area contributed by atoms with Gasteiger partial charge >= 0.3 is 6.09 Å². The quantitative estimate of drug-likeness (QED) is 0.419. The molecule has 1 atom stereocenters. The van der Waals surface area contributed by atoms with Crippen LogP contribution in [-0.4, -0.2) is 29.6 Å². The number of fused-ring (bicyclic) bond motifs is 1. The smallest absolute Gasteiger partial charge is 0.408 e. The molecule has 0 saturated carbocycles. The summed E-state index contributed by atoms with van der Waals surface area (Å²) in [6.07, 6.45) is -0.524. The summed E-state index contributed by atoms with van der Waals surface area (Å²) in [7, 11) is 0. The summed E-state index contributed by atoms with van der Waals surface area (Å²) in [4.78, 5) is 37.9. The maximum atomic E-state index is 13.0. The zero-order chi connectivity index (χ0) is 24.7. The van der Waals surface area contributed by atoms with Crippen molar-refractivity contribution in [2.75, 3.05) is 0 Å². The number of carbonyl (C=O) groups excluding carboxylic acids is 3. The van der Waals surface area contributed by atoms with Crippen LogP contribution in [0.15, 0.2) is 66.7 Å². The van der Waals surface area contributed by atoms with Crippen LogP contribution in [0, 0.1) is 0 Å². The topological polar surface area (TPSA) is 123 Å². The van der Waals surface area contributed by atoms with Crippen molar-refractivity contribution in [3.63, 3.8) is 0 Å². The van der Waals surface area contributed by atoms with Gasteiger partial charge in [-0.25, -0.2) is 4.79 Å². The summed E-state index contributed by atoms with van der Waals surface area (Å²) in [6.45, 7) is 5.58. The van der Waals surface area contributed by atoms with E-state index in [4.69, 9.17) is 10.5 Å². The van der Waals surface area contributed by atoms with Crippen LogP contribution in [0.4, 0.5) is 4.79 Å². The minimum atomic E-state index is -0.986. The number of ether oxygens (including phenoxy) is 1. The van der Waals surface area contributed by atoms with E-state index in [-0.39, 0.29) is 6.42 Å². The van der Waals surface area contributed by atoms with E-state index in [1.807, 2.05) is 42.5 Å². The Kier molecular flexibility index (Phi) is 7.86. The van der Waals surface area contributed by atoms with E-state index in [1.54, 1.807) is 45.0 Å². The summed E-state index contributed by atoms with van der Waals surface area (Å²) in [6, 6.07) is 19.3. The highest BCUT2D eigenvalue weighted by atomic mass is 16.6. The molecule has 3 amide bonds. The average molecular weight is 463 g/mol. The molecular formula is C26H30N4O4. The maximum Gasteiger partial charge on any atom is 0.408 e. The maximum absolute atomic E-state index is 13.0. The van der Waals surface area contributed by atoms with Crippen LogP contribution in [0.1, 0.15) is 42.3 Å². The Bertz CT molecular complexity index is 1160. The first-order chi connectivity index (χ1) is 16.2. The van der Waals surface area contributed by atoms with Crippen molar-refractivity contribution in [3.05, 3.63) is 83.4 Å². The van der Waals surface area contributed by atoms with E-state index in [1.165, 1.54) is 0 Å². The first-order valence-corrected chi connectivity index (χ1v) is 11.0. The minimum absolute atomic E-state index is 0.202. The highest BCUT2D eigenvalue weighted by molar-refractivity contribution is 5.96. The Morgan fingerprint density at radius 1 is 0.912 bits per heavy atom. The van der Waals surface area contributed by atoms with Crippen LogP contribution in [0.25, 0.3) is 10.8 Å². The van der Waals surface area contributed by atoms with Gasteiger partial charge in [0, 0.05) is 18.5 Å². The molecule has 3 aromatic rings. The highest BCUT2D eigenvalue weighted by Crippen LogP contribution is 2.20. The van der Waals surface area contributed by atoms with Gasteiger partial charge in [0.25, 0.3) is 11.8 Å². The average Bonchev–Trinajstić information content (AvgIpc) is 2.81.